The maximum atomic E-state index is 11.9. The highest BCUT2D eigenvalue weighted by Gasteiger charge is 2.13. The zero-order valence-electron chi connectivity index (χ0n) is 12.1. The summed E-state index contributed by atoms with van der Waals surface area (Å²) >= 11 is 0. The summed E-state index contributed by atoms with van der Waals surface area (Å²) in [7, 11) is 0. The smallest absolute Gasteiger partial charge is 0.338 e. The van der Waals surface area contributed by atoms with Gasteiger partial charge in [-0.2, -0.15) is 0 Å². The predicted molar refractivity (Wildman–Crippen MR) is 76.1 cm³/mol. The van der Waals surface area contributed by atoms with Crippen LogP contribution in [0.15, 0.2) is 28.8 Å². The van der Waals surface area contributed by atoms with E-state index in [-0.39, 0.29) is 6.61 Å². The second-order valence-electron chi connectivity index (χ2n) is 4.77. The molecule has 0 atom stereocenters. The predicted octanol–water partition coefficient (Wildman–Crippen LogP) is 2.40. The molecule has 2 rings (SSSR count). The van der Waals surface area contributed by atoms with Gasteiger partial charge in [-0.15, -0.1) is 0 Å². The summed E-state index contributed by atoms with van der Waals surface area (Å²) in [5.74, 6) is -0.123. The molecule has 0 radical (unpaired) electrons. The molecule has 0 bridgehead atoms. The van der Waals surface area contributed by atoms with Crippen molar-refractivity contribution < 1.29 is 18.8 Å². The van der Waals surface area contributed by atoms with Crippen LogP contribution in [0.3, 0.4) is 0 Å². The highest BCUT2D eigenvalue weighted by atomic mass is 16.5. The Morgan fingerprint density at radius 3 is 2.67 bits per heavy atom. The molecule has 21 heavy (non-hydrogen) atoms. The van der Waals surface area contributed by atoms with Gasteiger partial charge in [-0.25, -0.2) is 4.79 Å². The van der Waals surface area contributed by atoms with E-state index in [9.17, 15) is 9.59 Å². The molecule has 0 unspecified atom stereocenters. The number of anilines is 1. The van der Waals surface area contributed by atoms with E-state index in [0.29, 0.717) is 17.1 Å². The van der Waals surface area contributed by atoms with Crippen LogP contribution in [0.5, 0.6) is 0 Å². The van der Waals surface area contributed by atoms with Crippen molar-refractivity contribution in [3.8, 4) is 0 Å². The molecule has 6 heteroatoms. The number of hydrogen-bond donors (Lipinski definition) is 1. The van der Waals surface area contributed by atoms with Gasteiger partial charge in [-0.1, -0.05) is 22.9 Å². The number of aromatic nitrogens is 1. The summed E-state index contributed by atoms with van der Waals surface area (Å²) in [5, 5.41) is 6.09. The maximum absolute atomic E-state index is 11.9. The molecule has 0 fully saturated rings. The summed E-state index contributed by atoms with van der Waals surface area (Å²) in [6.07, 6.45) is 0. The van der Waals surface area contributed by atoms with Gasteiger partial charge in [0.25, 0.3) is 5.91 Å². The van der Waals surface area contributed by atoms with Gasteiger partial charge in [0.2, 0.25) is 0 Å². The number of rotatable bonds is 4. The quantitative estimate of drug-likeness (QED) is 0.874. The molecule has 110 valence electrons. The molecule has 0 aliphatic carbocycles. The molecular formula is C15H16N2O4. The lowest BCUT2D eigenvalue weighted by molar-refractivity contribution is -0.119. The lowest BCUT2D eigenvalue weighted by Crippen LogP contribution is -2.21. The standard InChI is InChI=1S/C15H16N2O4/c1-9-4-5-10(2)12(6-9)15(19)20-8-14(18)16-13-7-11(3)21-17-13/h4-7H,8H2,1-3H3,(H,16,17,18). The van der Waals surface area contributed by atoms with Crippen LogP contribution in [0.2, 0.25) is 0 Å². The van der Waals surface area contributed by atoms with Gasteiger partial charge in [-0.3, -0.25) is 4.79 Å². The first kappa shape index (κ1) is 14.8. The van der Waals surface area contributed by atoms with Gasteiger partial charge in [0, 0.05) is 6.07 Å². The van der Waals surface area contributed by atoms with Gasteiger partial charge in [-0.05, 0) is 32.4 Å². The molecule has 0 aliphatic rings. The van der Waals surface area contributed by atoms with Gasteiger partial charge in [0.15, 0.2) is 12.4 Å². The second-order valence-corrected chi connectivity index (χ2v) is 4.77. The highest BCUT2D eigenvalue weighted by Crippen LogP contribution is 2.12. The molecule has 1 aromatic carbocycles. The normalized spacial score (nSPS) is 10.2. The van der Waals surface area contributed by atoms with Crippen LogP contribution >= 0.6 is 0 Å². The van der Waals surface area contributed by atoms with E-state index in [4.69, 9.17) is 9.26 Å². The molecule has 2 aromatic rings. The molecule has 1 aromatic heterocycles. The average molecular weight is 288 g/mol. The van der Waals surface area contributed by atoms with Gasteiger partial charge in [0.05, 0.1) is 5.56 Å². The summed E-state index contributed by atoms with van der Waals surface area (Å²) in [6.45, 7) is 5.03. The van der Waals surface area contributed by atoms with E-state index in [1.807, 2.05) is 26.0 Å². The molecule has 1 heterocycles. The minimum Gasteiger partial charge on any atom is -0.452 e. The molecule has 0 saturated carbocycles. The van der Waals surface area contributed by atoms with Crippen LogP contribution in [0.25, 0.3) is 0 Å². The minimum absolute atomic E-state index is 0.292. The van der Waals surface area contributed by atoms with Crippen LogP contribution < -0.4 is 5.32 Å². The number of esters is 1. The van der Waals surface area contributed by atoms with Crippen LogP contribution in [0.4, 0.5) is 5.82 Å². The van der Waals surface area contributed by atoms with Gasteiger partial charge < -0.3 is 14.6 Å². The molecule has 1 N–H and O–H groups in total. The Balaban J connectivity index is 1.91. The third kappa shape index (κ3) is 3.92. The van der Waals surface area contributed by atoms with Gasteiger partial charge in [0.1, 0.15) is 5.76 Å². The number of aryl methyl sites for hydroxylation is 3. The Morgan fingerprint density at radius 2 is 2.00 bits per heavy atom. The largest absolute Gasteiger partial charge is 0.452 e. The topological polar surface area (TPSA) is 81.4 Å². The van der Waals surface area contributed by atoms with Crippen LogP contribution in [-0.2, 0) is 9.53 Å². The fourth-order valence-corrected chi connectivity index (χ4v) is 1.77. The van der Waals surface area contributed by atoms with E-state index in [0.717, 1.165) is 11.1 Å². The second kappa shape index (κ2) is 6.21. The maximum Gasteiger partial charge on any atom is 0.338 e. The number of carbonyl (C=O) groups is 2. The Morgan fingerprint density at radius 1 is 1.24 bits per heavy atom. The first-order valence-corrected chi connectivity index (χ1v) is 6.43. The van der Waals surface area contributed by atoms with E-state index < -0.39 is 11.9 Å². The Bertz CT molecular complexity index is 676. The van der Waals surface area contributed by atoms with Crippen LogP contribution in [0.1, 0.15) is 27.2 Å². The fourth-order valence-electron chi connectivity index (χ4n) is 1.77. The van der Waals surface area contributed by atoms with Crippen molar-refractivity contribution in [3.63, 3.8) is 0 Å². The molecule has 0 aliphatic heterocycles. The Hall–Kier alpha value is -2.63. The monoisotopic (exact) mass is 288 g/mol. The number of carbonyl (C=O) groups excluding carboxylic acids is 2. The number of nitrogens with zero attached hydrogens (tertiary/aromatic N) is 1. The van der Waals surface area contributed by atoms with Crippen molar-refractivity contribution >= 4 is 17.7 Å². The highest BCUT2D eigenvalue weighted by molar-refractivity contribution is 5.95. The van der Waals surface area contributed by atoms with Gasteiger partial charge >= 0.3 is 5.97 Å². The summed E-state index contributed by atoms with van der Waals surface area (Å²) < 4.78 is 9.81. The van der Waals surface area contributed by atoms with Crippen molar-refractivity contribution in [2.24, 2.45) is 0 Å². The minimum atomic E-state index is -0.525. The van der Waals surface area contributed by atoms with Crippen molar-refractivity contribution in [1.29, 1.82) is 0 Å². The lowest BCUT2D eigenvalue weighted by atomic mass is 10.1. The Kier molecular flexibility index (Phi) is 4.37. The zero-order chi connectivity index (χ0) is 15.4. The van der Waals surface area contributed by atoms with Crippen molar-refractivity contribution in [1.82, 2.24) is 5.16 Å². The fraction of sp³-hybridized carbons (Fsp3) is 0.267. The molecular weight excluding hydrogens is 272 g/mol. The van der Waals surface area contributed by atoms with E-state index >= 15 is 0 Å². The molecule has 6 nitrogen and oxygen atoms in total. The number of nitrogens with one attached hydrogen (secondary N) is 1. The summed E-state index contributed by atoms with van der Waals surface area (Å²) in [5.41, 5.74) is 2.22. The number of benzene rings is 1. The molecule has 1 amide bonds. The first-order chi connectivity index (χ1) is 9.95. The van der Waals surface area contributed by atoms with E-state index in [1.54, 1.807) is 19.1 Å². The van der Waals surface area contributed by atoms with Crippen molar-refractivity contribution in [3.05, 3.63) is 46.7 Å². The third-order valence-corrected chi connectivity index (χ3v) is 2.84. The Labute approximate surface area is 122 Å². The lowest BCUT2D eigenvalue weighted by Gasteiger charge is -2.07. The van der Waals surface area contributed by atoms with Crippen molar-refractivity contribution in [2.45, 2.75) is 20.8 Å². The third-order valence-electron chi connectivity index (χ3n) is 2.84. The average Bonchev–Trinajstić information content (AvgIpc) is 2.84. The first-order valence-electron chi connectivity index (χ1n) is 6.43. The number of hydrogen-bond acceptors (Lipinski definition) is 5. The van der Waals surface area contributed by atoms with Crippen LogP contribution in [-0.4, -0.2) is 23.6 Å². The van der Waals surface area contributed by atoms with E-state index in [1.165, 1.54) is 0 Å². The summed E-state index contributed by atoms with van der Waals surface area (Å²) in [4.78, 5) is 23.6. The number of amides is 1. The van der Waals surface area contributed by atoms with E-state index in [2.05, 4.69) is 10.5 Å². The molecule has 0 saturated heterocycles. The summed E-state index contributed by atoms with van der Waals surface area (Å²) in [6, 6.07) is 7.05. The SMILES string of the molecule is Cc1ccc(C)c(C(=O)OCC(=O)Nc2cc(C)on2)c1. The molecule has 0 spiro atoms. The zero-order valence-corrected chi connectivity index (χ0v) is 12.1. The number of ether oxygens (including phenoxy) is 1. The van der Waals surface area contributed by atoms with Crippen molar-refractivity contribution in [2.75, 3.05) is 11.9 Å². The van der Waals surface area contributed by atoms with Crippen LogP contribution in [0, 0.1) is 20.8 Å².